The maximum Gasteiger partial charge on any atom is 0.305 e. The molecule has 4 amide bonds. The van der Waals surface area contributed by atoms with Crippen molar-refractivity contribution in [3.05, 3.63) is 57.5 Å². The van der Waals surface area contributed by atoms with E-state index >= 15 is 0 Å². The number of carbonyl (C=O) groups is 4. The number of hydrogen-bond donors (Lipinski definition) is 2. The van der Waals surface area contributed by atoms with Crippen molar-refractivity contribution < 1.29 is 23.6 Å². The Labute approximate surface area is 150 Å². The first-order chi connectivity index (χ1) is 11.9. The quantitative estimate of drug-likeness (QED) is 0.620. The number of carbonyl (C=O) groups excluding carboxylic acids is 4. The van der Waals surface area contributed by atoms with Crippen molar-refractivity contribution in [2.24, 2.45) is 0 Å². The molecule has 8 nitrogen and oxygen atoms in total. The molecule has 0 saturated heterocycles. The SMILES string of the molecule is O=C(CN1C(=O)c2cc(Cl)c(Cl)cc2C1=O)NNC(=O)c1ccco1. The summed E-state index contributed by atoms with van der Waals surface area (Å²) in [5, 5.41) is 0.247. The van der Waals surface area contributed by atoms with Crippen LogP contribution in [0.2, 0.25) is 10.0 Å². The molecule has 2 N–H and O–H groups in total. The standard InChI is InChI=1S/C15H9Cl2N3O5/c16-9-4-7-8(5-10(9)17)15(24)20(14(7)23)6-12(21)18-19-13(22)11-2-1-3-25-11/h1-5H,6H2,(H,18,21)(H,19,22). The Hall–Kier alpha value is -2.84. The van der Waals surface area contributed by atoms with Crippen LogP contribution in [0.25, 0.3) is 0 Å². The van der Waals surface area contributed by atoms with Gasteiger partial charge in [0.2, 0.25) is 0 Å². The monoisotopic (exact) mass is 381 g/mol. The first-order valence-electron chi connectivity index (χ1n) is 6.86. The Balaban J connectivity index is 1.65. The van der Waals surface area contributed by atoms with E-state index in [1.54, 1.807) is 0 Å². The summed E-state index contributed by atoms with van der Waals surface area (Å²) in [6.45, 7) is -0.583. The van der Waals surface area contributed by atoms with Crippen LogP contribution in [0.4, 0.5) is 0 Å². The zero-order valence-corrected chi connectivity index (χ0v) is 13.9. The normalized spacial score (nSPS) is 13.0. The third-order valence-electron chi connectivity index (χ3n) is 3.37. The number of hydrogen-bond acceptors (Lipinski definition) is 5. The maximum atomic E-state index is 12.3. The fraction of sp³-hybridized carbons (Fsp3) is 0.0667. The first-order valence-corrected chi connectivity index (χ1v) is 7.62. The first kappa shape index (κ1) is 17.0. The minimum atomic E-state index is -0.772. The van der Waals surface area contributed by atoms with Gasteiger partial charge in [-0.25, -0.2) is 0 Å². The maximum absolute atomic E-state index is 12.3. The number of amides is 4. The molecule has 0 bridgehead atoms. The molecule has 0 unspecified atom stereocenters. The number of rotatable bonds is 3. The Bertz CT molecular complexity index is 854. The molecule has 1 aromatic carbocycles. The van der Waals surface area contributed by atoms with Crippen molar-refractivity contribution in [2.45, 2.75) is 0 Å². The van der Waals surface area contributed by atoms with Crippen LogP contribution < -0.4 is 10.9 Å². The van der Waals surface area contributed by atoms with Crippen molar-refractivity contribution >= 4 is 46.8 Å². The minimum absolute atomic E-state index is 0.00897. The van der Waals surface area contributed by atoms with E-state index in [0.717, 1.165) is 4.90 Å². The summed E-state index contributed by atoms with van der Waals surface area (Å²) in [6.07, 6.45) is 1.30. The minimum Gasteiger partial charge on any atom is -0.459 e. The Kier molecular flexibility index (Phi) is 4.47. The second-order valence-corrected chi connectivity index (χ2v) is 5.80. The number of nitrogens with one attached hydrogen (secondary N) is 2. The van der Waals surface area contributed by atoms with Crippen molar-refractivity contribution in [1.82, 2.24) is 15.8 Å². The molecule has 1 aromatic heterocycles. The lowest BCUT2D eigenvalue weighted by atomic mass is 10.1. The predicted molar refractivity (Wildman–Crippen MR) is 86.1 cm³/mol. The molecule has 2 heterocycles. The number of furan rings is 1. The summed E-state index contributed by atoms with van der Waals surface area (Å²) in [4.78, 5) is 48.8. The zero-order valence-electron chi connectivity index (χ0n) is 12.3. The highest BCUT2D eigenvalue weighted by molar-refractivity contribution is 6.43. The molecule has 0 atom stereocenters. The summed E-state index contributed by atoms with van der Waals surface area (Å²) >= 11 is 11.7. The molecule has 3 rings (SSSR count). The summed E-state index contributed by atoms with van der Waals surface area (Å²) in [7, 11) is 0. The van der Waals surface area contributed by atoms with E-state index < -0.39 is 30.2 Å². The topological polar surface area (TPSA) is 109 Å². The van der Waals surface area contributed by atoms with E-state index in [2.05, 4.69) is 10.9 Å². The Morgan fingerprint density at radius 2 is 1.64 bits per heavy atom. The van der Waals surface area contributed by atoms with Gasteiger partial charge in [-0.2, -0.15) is 0 Å². The molecule has 1 aliphatic rings. The smallest absolute Gasteiger partial charge is 0.305 e. The van der Waals surface area contributed by atoms with Gasteiger partial charge in [-0.1, -0.05) is 23.2 Å². The number of imide groups is 1. The van der Waals surface area contributed by atoms with Crippen LogP contribution in [0.3, 0.4) is 0 Å². The van der Waals surface area contributed by atoms with Crippen molar-refractivity contribution in [2.75, 3.05) is 6.54 Å². The van der Waals surface area contributed by atoms with Gasteiger partial charge in [0, 0.05) is 0 Å². The molecule has 0 spiro atoms. The van der Waals surface area contributed by atoms with E-state index in [1.807, 2.05) is 0 Å². The second-order valence-electron chi connectivity index (χ2n) is 4.99. The van der Waals surface area contributed by atoms with Crippen molar-refractivity contribution in [3.63, 3.8) is 0 Å². The second kappa shape index (κ2) is 6.58. The van der Waals surface area contributed by atoms with Gasteiger partial charge >= 0.3 is 5.91 Å². The molecule has 128 valence electrons. The van der Waals surface area contributed by atoms with E-state index in [-0.39, 0.29) is 26.9 Å². The molecular formula is C15H9Cl2N3O5. The largest absolute Gasteiger partial charge is 0.459 e. The molecule has 10 heteroatoms. The van der Waals surface area contributed by atoms with Gasteiger partial charge in [0.15, 0.2) is 5.76 Å². The van der Waals surface area contributed by atoms with E-state index in [1.165, 1.54) is 30.5 Å². The third kappa shape index (κ3) is 3.21. The van der Waals surface area contributed by atoms with Crippen LogP contribution in [-0.2, 0) is 4.79 Å². The molecular weight excluding hydrogens is 373 g/mol. The van der Waals surface area contributed by atoms with Gasteiger partial charge in [0.25, 0.3) is 17.7 Å². The van der Waals surface area contributed by atoms with Crippen molar-refractivity contribution in [3.8, 4) is 0 Å². The van der Waals surface area contributed by atoms with Crippen LogP contribution in [-0.4, -0.2) is 35.1 Å². The van der Waals surface area contributed by atoms with E-state index in [0.29, 0.717) is 0 Å². The van der Waals surface area contributed by atoms with Gasteiger partial charge in [-0.15, -0.1) is 0 Å². The average molecular weight is 382 g/mol. The van der Waals surface area contributed by atoms with Crippen LogP contribution in [0, 0.1) is 0 Å². The summed E-state index contributed by atoms with van der Waals surface area (Å²) < 4.78 is 4.85. The fourth-order valence-electron chi connectivity index (χ4n) is 2.21. The lowest BCUT2D eigenvalue weighted by Gasteiger charge is -2.13. The number of halogens is 2. The fourth-order valence-corrected chi connectivity index (χ4v) is 2.53. The average Bonchev–Trinajstić information content (AvgIpc) is 3.19. The molecule has 1 aliphatic heterocycles. The van der Waals surface area contributed by atoms with Gasteiger partial charge in [-0.3, -0.25) is 34.9 Å². The molecule has 0 aliphatic carbocycles. The molecule has 0 fully saturated rings. The Morgan fingerprint density at radius 3 is 2.16 bits per heavy atom. The summed E-state index contributed by atoms with van der Waals surface area (Å²) in [6, 6.07) is 5.46. The lowest BCUT2D eigenvalue weighted by Crippen LogP contribution is -2.47. The van der Waals surface area contributed by atoms with Gasteiger partial charge in [0.1, 0.15) is 6.54 Å². The highest BCUT2D eigenvalue weighted by Crippen LogP contribution is 2.31. The lowest BCUT2D eigenvalue weighted by molar-refractivity contribution is -0.122. The van der Waals surface area contributed by atoms with Gasteiger partial charge in [-0.05, 0) is 24.3 Å². The summed E-state index contributed by atoms with van der Waals surface area (Å²) in [5.41, 5.74) is 4.32. The van der Waals surface area contributed by atoms with Crippen LogP contribution in [0.15, 0.2) is 34.9 Å². The molecule has 25 heavy (non-hydrogen) atoms. The van der Waals surface area contributed by atoms with E-state index in [9.17, 15) is 19.2 Å². The van der Waals surface area contributed by atoms with Gasteiger partial charge < -0.3 is 4.42 Å². The highest BCUT2D eigenvalue weighted by atomic mass is 35.5. The third-order valence-corrected chi connectivity index (χ3v) is 4.10. The molecule has 2 aromatic rings. The number of benzene rings is 1. The van der Waals surface area contributed by atoms with Crippen LogP contribution >= 0.6 is 23.2 Å². The number of fused-ring (bicyclic) bond motifs is 1. The van der Waals surface area contributed by atoms with Gasteiger partial charge in [0.05, 0.1) is 27.4 Å². The number of hydrazine groups is 1. The zero-order chi connectivity index (χ0) is 18.1. The molecule has 0 radical (unpaired) electrons. The Morgan fingerprint density at radius 1 is 1.04 bits per heavy atom. The van der Waals surface area contributed by atoms with Crippen LogP contribution in [0.1, 0.15) is 31.3 Å². The highest BCUT2D eigenvalue weighted by Gasteiger charge is 2.37. The van der Waals surface area contributed by atoms with Crippen molar-refractivity contribution in [1.29, 1.82) is 0 Å². The molecule has 0 saturated carbocycles. The van der Waals surface area contributed by atoms with E-state index in [4.69, 9.17) is 27.6 Å². The summed E-state index contributed by atoms with van der Waals surface area (Å²) in [5.74, 6) is -2.81. The van der Waals surface area contributed by atoms with Crippen LogP contribution in [0.5, 0.6) is 0 Å². The number of nitrogens with zero attached hydrogens (tertiary/aromatic N) is 1. The predicted octanol–water partition coefficient (Wildman–Crippen LogP) is 1.64.